The average molecular weight is 313 g/mol. The maximum atomic E-state index is 12.2. The minimum Gasteiger partial charge on any atom is -0.464 e. The molecule has 1 atom stereocenters. The van der Waals surface area contributed by atoms with Crippen molar-refractivity contribution in [2.24, 2.45) is 0 Å². The molecule has 2 aromatic rings. The molecule has 0 saturated carbocycles. The Hall–Kier alpha value is -2.43. The fraction of sp³-hybridized carbons (Fsp3) is 0.389. The van der Waals surface area contributed by atoms with E-state index in [4.69, 9.17) is 4.74 Å². The summed E-state index contributed by atoms with van der Waals surface area (Å²) in [5, 5.41) is 0. The summed E-state index contributed by atoms with van der Waals surface area (Å²) in [6.07, 6.45) is 2.45. The van der Waals surface area contributed by atoms with E-state index in [9.17, 15) is 14.4 Å². The molecule has 5 nitrogen and oxygen atoms in total. The molecule has 1 aliphatic heterocycles. The molecule has 0 N–H and O–H groups in total. The molecule has 1 aliphatic rings. The van der Waals surface area contributed by atoms with Crippen molar-refractivity contribution in [1.29, 1.82) is 0 Å². The van der Waals surface area contributed by atoms with Gasteiger partial charge in [0.05, 0.1) is 12.2 Å². The zero-order valence-corrected chi connectivity index (χ0v) is 13.1. The Labute approximate surface area is 134 Å². The average Bonchev–Trinajstić information content (AvgIpc) is 2.59. The topological polar surface area (TPSA) is 63.7 Å². The minimum absolute atomic E-state index is 0.306. The van der Waals surface area contributed by atoms with Gasteiger partial charge in [-0.05, 0) is 31.7 Å². The second-order valence-electron chi connectivity index (χ2n) is 5.70. The molecule has 0 amide bonds. The highest BCUT2D eigenvalue weighted by Gasteiger charge is 2.36. The first-order chi connectivity index (χ1) is 11.1. The van der Waals surface area contributed by atoms with E-state index >= 15 is 0 Å². The quantitative estimate of drug-likeness (QED) is 0.637. The monoisotopic (exact) mass is 313 g/mol. The Morgan fingerprint density at radius 1 is 1.17 bits per heavy atom. The van der Waals surface area contributed by atoms with Crippen LogP contribution in [0.3, 0.4) is 0 Å². The van der Waals surface area contributed by atoms with Crippen molar-refractivity contribution in [1.82, 2.24) is 0 Å². The Balaban J connectivity index is 2.01. The van der Waals surface area contributed by atoms with Crippen molar-refractivity contribution in [2.45, 2.75) is 32.2 Å². The lowest BCUT2D eigenvalue weighted by Gasteiger charge is -2.37. The molecule has 5 heteroatoms. The second-order valence-corrected chi connectivity index (χ2v) is 5.70. The molecule has 2 aromatic carbocycles. The Kier molecular flexibility index (Phi) is 4.28. The molecule has 120 valence electrons. The van der Waals surface area contributed by atoms with Gasteiger partial charge in [0.15, 0.2) is 0 Å². The Bertz CT molecular complexity index is 774. The van der Waals surface area contributed by atoms with Crippen molar-refractivity contribution >= 4 is 11.7 Å². The summed E-state index contributed by atoms with van der Waals surface area (Å²) < 4.78 is 5.13. The standard InChI is InChI=1S/C18H19NO4/c1-2-23-18(22)13-10-6-7-11-19(13)15-14(16(20)17(15)21)12-8-4-3-5-9-12/h3-5,8-9,13H,2,6-7,10-11H2,1H3/t13-/m1/s1. The summed E-state index contributed by atoms with van der Waals surface area (Å²) in [5.74, 6) is -0.320. The molecule has 0 aromatic heterocycles. The maximum absolute atomic E-state index is 12.2. The van der Waals surface area contributed by atoms with Crippen LogP contribution in [-0.4, -0.2) is 25.2 Å². The van der Waals surface area contributed by atoms with Gasteiger partial charge in [-0.3, -0.25) is 9.59 Å². The highest BCUT2D eigenvalue weighted by molar-refractivity contribution is 5.87. The molecule has 0 spiro atoms. The first-order valence-electron chi connectivity index (χ1n) is 7.97. The highest BCUT2D eigenvalue weighted by Crippen LogP contribution is 2.31. The predicted molar refractivity (Wildman–Crippen MR) is 88.4 cm³/mol. The number of nitrogens with zero attached hydrogens (tertiary/aromatic N) is 1. The molecular formula is C18H19NO4. The predicted octanol–water partition coefficient (Wildman–Crippen LogP) is 1.87. The van der Waals surface area contributed by atoms with Crippen LogP contribution in [-0.2, 0) is 9.53 Å². The van der Waals surface area contributed by atoms with Crippen molar-refractivity contribution < 1.29 is 9.53 Å². The van der Waals surface area contributed by atoms with Crippen LogP contribution in [0.2, 0.25) is 0 Å². The molecule has 0 bridgehead atoms. The van der Waals surface area contributed by atoms with E-state index in [-0.39, 0.29) is 5.97 Å². The van der Waals surface area contributed by atoms with Crippen LogP contribution in [0.15, 0.2) is 39.9 Å². The van der Waals surface area contributed by atoms with Crippen molar-refractivity contribution in [3.63, 3.8) is 0 Å². The van der Waals surface area contributed by atoms with Gasteiger partial charge >= 0.3 is 5.97 Å². The van der Waals surface area contributed by atoms with Gasteiger partial charge in [0.1, 0.15) is 11.7 Å². The van der Waals surface area contributed by atoms with E-state index in [0.29, 0.717) is 30.8 Å². The van der Waals surface area contributed by atoms with E-state index in [0.717, 1.165) is 18.4 Å². The van der Waals surface area contributed by atoms with Gasteiger partial charge in [-0.25, -0.2) is 4.79 Å². The molecule has 1 fully saturated rings. The van der Waals surface area contributed by atoms with Crippen molar-refractivity contribution in [2.75, 3.05) is 18.1 Å². The molecule has 3 rings (SSSR count). The molecule has 1 saturated heterocycles. The largest absolute Gasteiger partial charge is 0.464 e. The van der Waals surface area contributed by atoms with Gasteiger partial charge in [-0.1, -0.05) is 30.3 Å². The third kappa shape index (κ3) is 2.67. The summed E-state index contributed by atoms with van der Waals surface area (Å²) in [4.78, 5) is 38.2. The van der Waals surface area contributed by atoms with Crippen LogP contribution in [0.5, 0.6) is 0 Å². The van der Waals surface area contributed by atoms with Crippen molar-refractivity contribution in [3.05, 3.63) is 50.8 Å². The number of piperidine rings is 1. The van der Waals surface area contributed by atoms with Gasteiger partial charge in [0, 0.05) is 6.54 Å². The number of carbonyl (C=O) groups excluding carboxylic acids is 1. The Morgan fingerprint density at radius 2 is 1.91 bits per heavy atom. The summed E-state index contributed by atoms with van der Waals surface area (Å²) >= 11 is 0. The SMILES string of the molecule is CCOC(=O)[C@H]1CCCCN1c1c(-c2ccccc2)c(=O)c1=O. The highest BCUT2D eigenvalue weighted by atomic mass is 16.5. The van der Waals surface area contributed by atoms with E-state index in [1.165, 1.54) is 0 Å². The zero-order chi connectivity index (χ0) is 16.4. The van der Waals surface area contributed by atoms with Gasteiger partial charge in [-0.2, -0.15) is 0 Å². The molecular weight excluding hydrogens is 294 g/mol. The number of rotatable bonds is 4. The lowest BCUT2D eigenvalue weighted by atomic mass is 9.93. The van der Waals surface area contributed by atoms with Crippen molar-refractivity contribution in [3.8, 4) is 11.1 Å². The molecule has 1 heterocycles. The minimum atomic E-state index is -0.500. The van der Waals surface area contributed by atoms with Gasteiger partial charge in [-0.15, -0.1) is 0 Å². The fourth-order valence-electron chi connectivity index (χ4n) is 3.21. The van der Waals surface area contributed by atoms with Crippen LogP contribution in [0.1, 0.15) is 26.2 Å². The van der Waals surface area contributed by atoms with E-state index in [2.05, 4.69) is 0 Å². The maximum Gasteiger partial charge on any atom is 0.328 e. The van der Waals surface area contributed by atoms with E-state index in [1.54, 1.807) is 11.8 Å². The molecule has 0 radical (unpaired) electrons. The fourth-order valence-corrected chi connectivity index (χ4v) is 3.21. The summed E-state index contributed by atoms with van der Waals surface area (Å²) in [7, 11) is 0. The lowest BCUT2D eigenvalue weighted by molar-refractivity contribution is -0.145. The molecule has 23 heavy (non-hydrogen) atoms. The number of esters is 1. The number of hydrogen-bond donors (Lipinski definition) is 0. The van der Waals surface area contributed by atoms with Crippen LogP contribution < -0.4 is 15.8 Å². The van der Waals surface area contributed by atoms with E-state index in [1.807, 2.05) is 30.3 Å². The van der Waals surface area contributed by atoms with Gasteiger partial charge in [0.2, 0.25) is 10.9 Å². The van der Waals surface area contributed by atoms with Gasteiger partial charge in [0.25, 0.3) is 0 Å². The number of benzene rings is 1. The molecule has 0 aliphatic carbocycles. The van der Waals surface area contributed by atoms with Crippen LogP contribution >= 0.6 is 0 Å². The lowest BCUT2D eigenvalue weighted by Crippen LogP contribution is -2.52. The normalized spacial score (nSPS) is 18.1. The first-order valence-corrected chi connectivity index (χ1v) is 7.97. The summed E-state index contributed by atoms with van der Waals surface area (Å²) in [6.45, 7) is 2.66. The molecule has 0 unspecified atom stereocenters. The smallest absolute Gasteiger partial charge is 0.328 e. The zero-order valence-electron chi connectivity index (χ0n) is 13.1. The van der Waals surface area contributed by atoms with Crippen LogP contribution in [0.25, 0.3) is 11.1 Å². The summed E-state index contributed by atoms with van der Waals surface area (Å²) in [5.41, 5.74) is 0.547. The van der Waals surface area contributed by atoms with Crippen LogP contribution in [0.4, 0.5) is 5.69 Å². The summed E-state index contributed by atoms with van der Waals surface area (Å²) in [6, 6.07) is 8.65. The second kappa shape index (κ2) is 6.36. The van der Waals surface area contributed by atoms with Gasteiger partial charge < -0.3 is 9.64 Å². The van der Waals surface area contributed by atoms with Crippen LogP contribution in [0, 0.1) is 0 Å². The number of ether oxygens (including phenoxy) is 1. The Morgan fingerprint density at radius 3 is 2.61 bits per heavy atom. The number of hydrogen-bond acceptors (Lipinski definition) is 5. The third-order valence-electron chi connectivity index (χ3n) is 4.30. The van der Waals surface area contributed by atoms with E-state index < -0.39 is 16.9 Å². The third-order valence-corrected chi connectivity index (χ3v) is 4.30. The first kappa shape index (κ1) is 15.5. The number of carbonyl (C=O) groups is 1. The number of anilines is 1.